The molecular formula is C12H11BrF2N2S. The maximum atomic E-state index is 13.2. The lowest BCUT2D eigenvalue weighted by molar-refractivity contribution is 0.533. The van der Waals surface area contributed by atoms with Crippen molar-refractivity contribution < 1.29 is 8.78 Å². The van der Waals surface area contributed by atoms with Gasteiger partial charge in [0.15, 0.2) is 0 Å². The quantitative estimate of drug-likeness (QED) is 0.663. The van der Waals surface area contributed by atoms with Gasteiger partial charge in [-0.25, -0.2) is 8.78 Å². The monoisotopic (exact) mass is 332 g/mol. The van der Waals surface area contributed by atoms with E-state index in [9.17, 15) is 8.78 Å². The molecule has 0 aliphatic carbocycles. The van der Waals surface area contributed by atoms with Crippen LogP contribution in [0.2, 0.25) is 0 Å². The fourth-order valence-corrected chi connectivity index (χ4v) is 3.21. The summed E-state index contributed by atoms with van der Waals surface area (Å²) in [5, 5.41) is 1.95. The van der Waals surface area contributed by atoms with Crippen molar-refractivity contribution in [3.63, 3.8) is 0 Å². The Balaban J connectivity index is 2.22. The molecule has 0 radical (unpaired) electrons. The number of benzene rings is 1. The summed E-state index contributed by atoms with van der Waals surface area (Å²) in [7, 11) is 0. The van der Waals surface area contributed by atoms with Gasteiger partial charge in [-0.05, 0) is 39.7 Å². The Morgan fingerprint density at radius 2 is 1.89 bits per heavy atom. The predicted octanol–water partition coefficient (Wildman–Crippen LogP) is 3.54. The minimum Gasteiger partial charge on any atom is -0.271 e. The van der Waals surface area contributed by atoms with Gasteiger partial charge in [-0.1, -0.05) is 0 Å². The Kier molecular flexibility index (Phi) is 4.45. The molecule has 0 bridgehead atoms. The van der Waals surface area contributed by atoms with Crippen LogP contribution in [0.4, 0.5) is 8.78 Å². The fourth-order valence-electron chi connectivity index (χ4n) is 1.71. The van der Waals surface area contributed by atoms with Gasteiger partial charge >= 0.3 is 0 Å². The van der Waals surface area contributed by atoms with Crippen molar-refractivity contribution in [1.29, 1.82) is 0 Å². The van der Waals surface area contributed by atoms with E-state index >= 15 is 0 Å². The maximum absolute atomic E-state index is 13.2. The highest BCUT2D eigenvalue weighted by Gasteiger charge is 2.14. The number of hydrogen-bond donors (Lipinski definition) is 2. The number of hydrazine groups is 1. The molecule has 0 saturated heterocycles. The molecule has 0 fully saturated rings. The molecule has 2 nitrogen and oxygen atoms in total. The topological polar surface area (TPSA) is 38.0 Å². The van der Waals surface area contributed by atoms with Crippen LogP contribution in [-0.2, 0) is 6.42 Å². The first-order valence-electron chi connectivity index (χ1n) is 5.23. The second kappa shape index (κ2) is 5.88. The standard InChI is InChI=1S/C12H11BrF2N2S/c13-8-3-11(18-6-8)5-12(17-16)7-1-9(14)4-10(15)2-7/h1-4,6,12,17H,5,16H2. The Labute approximate surface area is 116 Å². The van der Waals surface area contributed by atoms with Crippen LogP contribution in [0.1, 0.15) is 16.5 Å². The molecule has 0 aliphatic rings. The van der Waals surface area contributed by atoms with Crippen molar-refractivity contribution in [2.45, 2.75) is 12.5 Å². The van der Waals surface area contributed by atoms with E-state index in [-0.39, 0.29) is 6.04 Å². The van der Waals surface area contributed by atoms with Crippen LogP contribution in [0.5, 0.6) is 0 Å². The van der Waals surface area contributed by atoms with Gasteiger partial charge in [-0.15, -0.1) is 11.3 Å². The SMILES string of the molecule is NNC(Cc1cc(Br)cs1)c1cc(F)cc(F)c1. The molecule has 2 rings (SSSR count). The third-order valence-electron chi connectivity index (χ3n) is 2.52. The normalized spacial score (nSPS) is 12.7. The molecule has 1 aromatic heterocycles. The molecule has 1 unspecified atom stereocenters. The van der Waals surface area contributed by atoms with Gasteiger partial charge in [-0.2, -0.15) is 0 Å². The zero-order chi connectivity index (χ0) is 13.1. The Morgan fingerprint density at radius 3 is 2.39 bits per heavy atom. The second-order valence-corrected chi connectivity index (χ2v) is 5.77. The average Bonchev–Trinajstić information content (AvgIpc) is 2.70. The van der Waals surface area contributed by atoms with E-state index in [1.165, 1.54) is 12.1 Å². The highest BCUT2D eigenvalue weighted by molar-refractivity contribution is 9.10. The summed E-state index contributed by atoms with van der Waals surface area (Å²) in [5.74, 6) is 4.26. The largest absolute Gasteiger partial charge is 0.271 e. The summed E-state index contributed by atoms with van der Waals surface area (Å²) >= 11 is 4.93. The van der Waals surface area contributed by atoms with Crippen molar-refractivity contribution in [3.05, 3.63) is 56.2 Å². The molecule has 1 aromatic carbocycles. The van der Waals surface area contributed by atoms with Crippen LogP contribution >= 0.6 is 27.3 Å². The number of nitrogens with two attached hydrogens (primary N) is 1. The third-order valence-corrected chi connectivity index (χ3v) is 4.24. The van der Waals surface area contributed by atoms with E-state index in [1.807, 2.05) is 11.4 Å². The lowest BCUT2D eigenvalue weighted by atomic mass is 10.0. The second-order valence-electron chi connectivity index (χ2n) is 3.86. The average molecular weight is 333 g/mol. The molecule has 6 heteroatoms. The lowest BCUT2D eigenvalue weighted by Gasteiger charge is -2.15. The summed E-state index contributed by atoms with van der Waals surface area (Å²) in [6.45, 7) is 0. The van der Waals surface area contributed by atoms with E-state index in [0.29, 0.717) is 12.0 Å². The Hall–Kier alpha value is -0.820. The van der Waals surface area contributed by atoms with E-state index in [1.54, 1.807) is 11.3 Å². The number of rotatable bonds is 4. The molecule has 2 aromatic rings. The van der Waals surface area contributed by atoms with E-state index < -0.39 is 11.6 Å². The maximum Gasteiger partial charge on any atom is 0.126 e. The van der Waals surface area contributed by atoms with Crippen molar-refractivity contribution >= 4 is 27.3 Å². The van der Waals surface area contributed by atoms with Crippen molar-refractivity contribution in [1.82, 2.24) is 5.43 Å². The number of thiophene rings is 1. The smallest absolute Gasteiger partial charge is 0.126 e. The van der Waals surface area contributed by atoms with Gasteiger partial charge in [0.25, 0.3) is 0 Å². The molecular weight excluding hydrogens is 322 g/mol. The highest BCUT2D eigenvalue weighted by Crippen LogP contribution is 2.26. The number of halogens is 3. The summed E-state index contributed by atoms with van der Waals surface area (Å²) in [6.07, 6.45) is 0.579. The highest BCUT2D eigenvalue weighted by atomic mass is 79.9. The molecule has 96 valence electrons. The van der Waals surface area contributed by atoms with Gasteiger partial charge in [-0.3, -0.25) is 11.3 Å². The van der Waals surface area contributed by atoms with Crippen LogP contribution in [0.3, 0.4) is 0 Å². The van der Waals surface area contributed by atoms with Gasteiger partial charge in [0.2, 0.25) is 0 Å². The number of nitrogens with one attached hydrogen (secondary N) is 1. The summed E-state index contributed by atoms with van der Waals surface area (Å²) in [6, 6.07) is 5.07. The summed E-state index contributed by atoms with van der Waals surface area (Å²) in [4.78, 5) is 1.08. The zero-order valence-corrected chi connectivity index (χ0v) is 11.7. The van der Waals surface area contributed by atoms with Crippen molar-refractivity contribution in [2.24, 2.45) is 5.84 Å². The third kappa shape index (κ3) is 3.35. The van der Waals surface area contributed by atoms with Crippen LogP contribution in [-0.4, -0.2) is 0 Å². The first kappa shape index (κ1) is 13.6. The minimum atomic E-state index is -0.599. The predicted molar refractivity (Wildman–Crippen MR) is 72.1 cm³/mol. The van der Waals surface area contributed by atoms with Gasteiger partial charge in [0.1, 0.15) is 11.6 Å². The molecule has 18 heavy (non-hydrogen) atoms. The minimum absolute atomic E-state index is 0.319. The van der Waals surface area contributed by atoms with E-state index in [0.717, 1.165) is 15.4 Å². The lowest BCUT2D eigenvalue weighted by Crippen LogP contribution is -2.29. The van der Waals surface area contributed by atoms with Crippen molar-refractivity contribution in [2.75, 3.05) is 0 Å². The van der Waals surface area contributed by atoms with Gasteiger partial charge in [0.05, 0.1) is 6.04 Å². The van der Waals surface area contributed by atoms with E-state index in [4.69, 9.17) is 5.84 Å². The molecule has 0 saturated carbocycles. The Morgan fingerprint density at radius 1 is 1.22 bits per heavy atom. The van der Waals surface area contributed by atoms with Crippen molar-refractivity contribution in [3.8, 4) is 0 Å². The van der Waals surface area contributed by atoms with Crippen LogP contribution in [0, 0.1) is 11.6 Å². The van der Waals surface area contributed by atoms with E-state index in [2.05, 4.69) is 21.4 Å². The molecule has 0 aliphatic heterocycles. The van der Waals surface area contributed by atoms with Crippen LogP contribution in [0.25, 0.3) is 0 Å². The zero-order valence-electron chi connectivity index (χ0n) is 9.29. The molecule has 1 atom stereocenters. The molecule has 1 heterocycles. The number of hydrogen-bond acceptors (Lipinski definition) is 3. The first-order chi connectivity index (χ1) is 8.58. The summed E-state index contributed by atoms with van der Waals surface area (Å²) < 4.78 is 27.3. The van der Waals surface area contributed by atoms with Gasteiger partial charge < -0.3 is 0 Å². The van der Waals surface area contributed by atoms with Crippen LogP contribution < -0.4 is 11.3 Å². The summed E-state index contributed by atoms with van der Waals surface area (Å²) in [5.41, 5.74) is 3.09. The van der Waals surface area contributed by atoms with Crippen LogP contribution in [0.15, 0.2) is 34.1 Å². The fraction of sp³-hybridized carbons (Fsp3) is 0.167. The molecule has 3 N–H and O–H groups in total. The van der Waals surface area contributed by atoms with Gasteiger partial charge in [0, 0.05) is 27.2 Å². The molecule has 0 amide bonds. The molecule has 0 spiro atoms. The Bertz CT molecular complexity index is 524. The first-order valence-corrected chi connectivity index (χ1v) is 6.91.